The Kier molecular flexibility index (Phi) is 3.01. The third kappa shape index (κ3) is 1.61. The summed E-state index contributed by atoms with van der Waals surface area (Å²) in [5.74, 6) is 0.458. The fourth-order valence-electron chi connectivity index (χ4n) is 3.64. The minimum Gasteiger partial charge on any atom is -0.496 e. The minimum absolute atomic E-state index is 0.00978. The summed E-state index contributed by atoms with van der Waals surface area (Å²) in [5, 5.41) is 14.0. The van der Waals surface area contributed by atoms with Gasteiger partial charge in [-0.2, -0.15) is 0 Å². The van der Waals surface area contributed by atoms with Crippen LogP contribution in [0, 0.1) is 19.8 Å². The Morgan fingerprint density at radius 3 is 2.55 bits per heavy atom. The van der Waals surface area contributed by atoms with Gasteiger partial charge in [-0.3, -0.25) is 4.79 Å². The Morgan fingerprint density at radius 1 is 1.30 bits per heavy atom. The Bertz CT molecular complexity index is 576. The summed E-state index contributed by atoms with van der Waals surface area (Å²) >= 11 is 0. The summed E-state index contributed by atoms with van der Waals surface area (Å²) < 4.78 is 5.39. The van der Waals surface area contributed by atoms with Crippen molar-refractivity contribution in [3.8, 4) is 5.75 Å². The van der Waals surface area contributed by atoms with Crippen LogP contribution in [0.25, 0.3) is 0 Å². The minimum atomic E-state index is -1.39. The van der Waals surface area contributed by atoms with Gasteiger partial charge in [-0.1, -0.05) is 12.8 Å². The van der Waals surface area contributed by atoms with E-state index in [-0.39, 0.29) is 11.8 Å². The van der Waals surface area contributed by atoms with Gasteiger partial charge in [0, 0.05) is 11.5 Å². The van der Waals surface area contributed by atoms with Crippen LogP contribution in [0.2, 0.25) is 0 Å². The number of carbonyl (C=O) groups is 1. The fourth-order valence-corrected chi connectivity index (χ4v) is 3.64. The second kappa shape index (κ2) is 4.48. The highest BCUT2D eigenvalue weighted by Crippen LogP contribution is 2.50. The van der Waals surface area contributed by atoms with E-state index in [9.17, 15) is 9.90 Å². The number of benzene rings is 1. The Labute approximate surface area is 119 Å². The van der Waals surface area contributed by atoms with Crippen LogP contribution in [0.15, 0.2) is 6.07 Å². The Balaban J connectivity index is 2.18. The molecule has 4 nitrogen and oxygen atoms in total. The van der Waals surface area contributed by atoms with E-state index >= 15 is 0 Å². The largest absolute Gasteiger partial charge is 0.496 e. The number of hydrogen-bond acceptors (Lipinski definition) is 3. The first-order valence-electron chi connectivity index (χ1n) is 7.22. The molecular weight excluding hydrogens is 254 g/mol. The normalized spacial score (nSPS) is 25.7. The van der Waals surface area contributed by atoms with Crippen LogP contribution in [-0.2, 0) is 10.4 Å². The van der Waals surface area contributed by atoms with E-state index in [1.54, 1.807) is 7.11 Å². The van der Waals surface area contributed by atoms with E-state index in [2.05, 4.69) is 5.32 Å². The molecule has 1 fully saturated rings. The van der Waals surface area contributed by atoms with Crippen molar-refractivity contribution in [3.05, 3.63) is 22.8 Å². The number of methoxy groups -OCH3 is 1. The number of aliphatic hydroxyl groups is 1. The third-order valence-electron chi connectivity index (χ3n) is 5.01. The van der Waals surface area contributed by atoms with Crippen LogP contribution in [0.4, 0.5) is 5.69 Å². The smallest absolute Gasteiger partial charge is 0.261 e. The van der Waals surface area contributed by atoms with Crippen LogP contribution in [0.1, 0.15) is 42.4 Å². The van der Waals surface area contributed by atoms with Crippen LogP contribution < -0.4 is 10.1 Å². The average Bonchev–Trinajstić information content (AvgIpc) is 3.04. The zero-order valence-electron chi connectivity index (χ0n) is 12.2. The molecule has 1 heterocycles. The number of fused-ring (bicyclic) bond motifs is 1. The summed E-state index contributed by atoms with van der Waals surface area (Å²) in [6.07, 6.45) is 3.96. The lowest BCUT2D eigenvalue weighted by molar-refractivity contribution is -0.139. The summed E-state index contributed by atoms with van der Waals surface area (Å²) in [6, 6.07) is 1.83. The van der Waals surface area contributed by atoms with Crippen molar-refractivity contribution in [3.63, 3.8) is 0 Å². The molecule has 1 aromatic rings. The number of hydrogen-bond donors (Lipinski definition) is 2. The number of carbonyl (C=O) groups excluding carboxylic acids is 1. The van der Waals surface area contributed by atoms with Crippen LogP contribution >= 0.6 is 0 Å². The highest BCUT2D eigenvalue weighted by Gasteiger charge is 2.52. The molecule has 1 aliphatic carbocycles. The summed E-state index contributed by atoms with van der Waals surface area (Å²) in [6.45, 7) is 3.92. The SMILES string of the molecule is COc1cc2c(c(C)c1C)NC(=O)C2(O)C1CCCC1. The number of amides is 1. The predicted octanol–water partition coefficient (Wildman–Crippen LogP) is 2.64. The molecule has 0 aromatic heterocycles. The molecular formula is C16H21NO3. The molecule has 1 atom stereocenters. The Morgan fingerprint density at radius 2 is 1.95 bits per heavy atom. The van der Waals surface area contributed by atoms with Crippen LogP contribution in [0.3, 0.4) is 0 Å². The van der Waals surface area contributed by atoms with E-state index in [0.29, 0.717) is 5.56 Å². The zero-order valence-corrected chi connectivity index (χ0v) is 12.2. The maximum Gasteiger partial charge on any atom is 0.261 e. The zero-order chi connectivity index (χ0) is 14.5. The van der Waals surface area contributed by atoms with Crippen LogP contribution in [-0.4, -0.2) is 18.1 Å². The van der Waals surface area contributed by atoms with Crippen LogP contribution in [0.5, 0.6) is 5.75 Å². The van der Waals surface area contributed by atoms with Crippen molar-refractivity contribution >= 4 is 11.6 Å². The van der Waals surface area contributed by atoms with Crippen molar-refractivity contribution in [2.45, 2.75) is 45.1 Å². The Hall–Kier alpha value is -1.55. The molecule has 1 unspecified atom stereocenters. The van der Waals surface area contributed by atoms with Gasteiger partial charge in [-0.05, 0) is 43.9 Å². The van der Waals surface area contributed by atoms with E-state index in [0.717, 1.165) is 48.2 Å². The molecule has 1 aliphatic heterocycles. The molecule has 0 spiro atoms. The van der Waals surface area contributed by atoms with Crippen molar-refractivity contribution in [2.24, 2.45) is 5.92 Å². The molecule has 108 valence electrons. The highest BCUT2D eigenvalue weighted by atomic mass is 16.5. The second-order valence-electron chi connectivity index (χ2n) is 5.95. The van der Waals surface area contributed by atoms with Gasteiger partial charge in [0.1, 0.15) is 5.75 Å². The van der Waals surface area contributed by atoms with Gasteiger partial charge in [0.15, 0.2) is 5.60 Å². The van der Waals surface area contributed by atoms with Gasteiger partial charge >= 0.3 is 0 Å². The van der Waals surface area contributed by atoms with Crippen molar-refractivity contribution < 1.29 is 14.6 Å². The molecule has 3 rings (SSSR count). The first kappa shape index (κ1) is 13.4. The second-order valence-corrected chi connectivity index (χ2v) is 5.95. The number of rotatable bonds is 2. The molecule has 1 saturated carbocycles. The molecule has 4 heteroatoms. The third-order valence-corrected chi connectivity index (χ3v) is 5.01. The standard InChI is InChI=1S/C16H21NO3/c1-9-10(2)14-12(8-13(9)20-3)16(19,15(18)17-14)11-6-4-5-7-11/h8,11,19H,4-7H2,1-3H3,(H,17,18). The van der Waals surface area contributed by atoms with Crippen molar-refractivity contribution in [2.75, 3.05) is 12.4 Å². The molecule has 1 aromatic carbocycles. The number of nitrogens with one attached hydrogen (secondary N) is 1. The first-order valence-corrected chi connectivity index (χ1v) is 7.22. The van der Waals surface area contributed by atoms with Gasteiger partial charge in [0.2, 0.25) is 0 Å². The van der Waals surface area contributed by atoms with Gasteiger partial charge < -0.3 is 15.2 Å². The van der Waals surface area contributed by atoms with E-state index in [1.165, 1.54) is 0 Å². The maximum absolute atomic E-state index is 12.4. The lowest BCUT2D eigenvalue weighted by Gasteiger charge is -2.28. The molecule has 2 N–H and O–H groups in total. The number of ether oxygens (including phenoxy) is 1. The summed E-state index contributed by atoms with van der Waals surface area (Å²) in [7, 11) is 1.62. The van der Waals surface area contributed by atoms with E-state index in [4.69, 9.17) is 4.74 Å². The summed E-state index contributed by atoms with van der Waals surface area (Å²) in [4.78, 5) is 12.4. The molecule has 20 heavy (non-hydrogen) atoms. The first-order chi connectivity index (χ1) is 9.50. The molecule has 2 aliphatic rings. The topological polar surface area (TPSA) is 58.6 Å². The van der Waals surface area contributed by atoms with Gasteiger partial charge in [-0.25, -0.2) is 0 Å². The average molecular weight is 275 g/mol. The predicted molar refractivity (Wildman–Crippen MR) is 77.0 cm³/mol. The fraction of sp³-hybridized carbons (Fsp3) is 0.562. The van der Waals surface area contributed by atoms with E-state index in [1.807, 2.05) is 19.9 Å². The maximum atomic E-state index is 12.4. The monoisotopic (exact) mass is 275 g/mol. The van der Waals surface area contributed by atoms with Gasteiger partial charge in [-0.15, -0.1) is 0 Å². The van der Waals surface area contributed by atoms with Crippen molar-refractivity contribution in [1.29, 1.82) is 0 Å². The molecule has 1 amide bonds. The van der Waals surface area contributed by atoms with Gasteiger partial charge in [0.25, 0.3) is 5.91 Å². The van der Waals surface area contributed by atoms with Crippen molar-refractivity contribution in [1.82, 2.24) is 0 Å². The number of anilines is 1. The summed E-state index contributed by atoms with van der Waals surface area (Å²) in [5.41, 5.74) is 2.04. The lowest BCUT2D eigenvalue weighted by atomic mass is 9.80. The molecule has 0 radical (unpaired) electrons. The van der Waals surface area contributed by atoms with E-state index < -0.39 is 5.60 Å². The molecule has 0 bridgehead atoms. The lowest BCUT2D eigenvalue weighted by Crippen LogP contribution is -2.40. The van der Waals surface area contributed by atoms with Gasteiger partial charge in [0.05, 0.1) is 12.8 Å². The quantitative estimate of drug-likeness (QED) is 0.872. The highest BCUT2D eigenvalue weighted by molar-refractivity contribution is 6.06. The molecule has 0 saturated heterocycles.